The number of unbranched alkanes of at least 4 members (excludes halogenated alkanes) is 18. The molecule has 0 saturated heterocycles. The van der Waals surface area contributed by atoms with Gasteiger partial charge in [-0.2, -0.15) is 8.75 Å². The molecule has 0 fully saturated rings. The van der Waals surface area contributed by atoms with Crippen molar-refractivity contribution >= 4 is 111 Å². The lowest BCUT2D eigenvalue weighted by molar-refractivity contribution is 0.557. The average Bonchev–Trinajstić information content (AvgIpc) is 4.08. The van der Waals surface area contributed by atoms with Gasteiger partial charge in [0.1, 0.15) is 11.0 Å². The Hall–Kier alpha value is -2.82. The second kappa shape index (κ2) is 20.4. The second-order valence-corrected chi connectivity index (χ2v) is 20.9. The van der Waals surface area contributed by atoms with Crippen molar-refractivity contribution in [3.8, 4) is 20.9 Å². The fourth-order valence-corrected chi connectivity index (χ4v) is 13.5. The third-order valence-corrected chi connectivity index (χ3v) is 16.8. The standard InChI is InChI=1S/C48H60N4S5/c1-3-5-7-9-11-13-15-17-19-21-23-33-25-27-37(55-33)39-43-44(50-42-36-30-32-54-48(36)47-35(29-31-53-47)41(42)49-43)40(46-45(39)51-57-52-46)38-28-26-34(56-38)24-22-20-18-16-14-12-10-8-6-4-2/h25-32,49-50H,3-24H2,1-2H3. The molecule has 0 atom stereocenters. The number of anilines is 4. The lowest BCUT2D eigenvalue weighted by Gasteiger charge is -2.28. The summed E-state index contributed by atoms with van der Waals surface area (Å²) in [6.07, 6.45) is 29.7. The molecule has 0 bridgehead atoms. The predicted molar refractivity (Wildman–Crippen MR) is 259 cm³/mol. The molecule has 2 aromatic carbocycles. The molecule has 1 aliphatic rings. The first-order valence-electron chi connectivity index (χ1n) is 22.2. The second-order valence-electron chi connectivity index (χ2n) is 16.2. The van der Waals surface area contributed by atoms with Gasteiger partial charge in [0.15, 0.2) is 0 Å². The van der Waals surface area contributed by atoms with Gasteiger partial charge < -0.3 is 10.6 Å². The van der Waals surface area contributed by atoms with Crippen molar-refractivity contribution in [2.75, 3.05) is 10.6 Å². The Labute approximate surface area is 360 Å². The van der Waals surface area contributed by atoms with Gasteiger partial charge in [-0.15, -0.1) is 45.3 Å². The summed E-state index contributed by atoms with van der Waals surface area (Å²) in [6.45, 7) is 4.60. The topological polar surface area (TPSA) is 49.8 Å². The summed E-state index contributed by atoms with van der Waals surface area (Å²) >= 11 is 8.93. The van der Waals surface area contributed by atoms with E-state index in [1.807, 2.05) is 45.3 Å². The van der Waals surface area contributed by atoms with Crippen LogP contribution >= 0.6 is 57.1 Å². The molecule has 9 heteroatoms. The van der Waals surface area contributed by atoms with E-state index in [4.69, 9.17) is 8.75 Å². The highest BCUT2D eigenvalue weighted by Gasteiger charge is 2.31. The minimum Gasteiger partial charge on any atom is -0.351 e. The number of aromatic nitrogens is 2. The van der Waals surface area contributed by atoms with E-state index in [1.54, 1.807) is 0 Å². The van der Waals surface area contributed by atoms with Gasteiger partial charge in [0.25, 0.3) is 0 Å². The van der Waals surface area contributed by atoms with Gasteiger partial charge in [0.05, 0.1) is 43.9 Å². The smallest absolute Gasteiger partial charge is 0.116 e. The molecule has 0 radical (unpaired) electrons. The Balaban J connectivity index is 1.03. The largest absolute Gasteiger partial charge is 0.351 e. The van der Waals surface area contributed by atoms with Gasteiger partial charge in [0.2, 0.25) is 0 Å². The van der Waals surface area contributed by atoms with Crippen molar-refractivity contribution < 1.29 is 0 Å². The van der Waals surface area contributed by atoms with E-state index in [9.17, 15) is 0 Å². The normalized spacial score (nSPS) is 12.5. The number of fused-ring (bicyclic) bond motifs is 8. The molecule has 6 heterocycles. The van der Waals surface area contributed by atoms with Crippen molar-refractivity contribution in [1.29, 1.82) is 0 Å². The van der Waals surface area contributed by atoms with Crippen LogP contribution in [0.15, 0.2) is 47.2 Å². The van der Waals surface area contributed by atoms with Gasteiger partial charge in [0, 0.05) is 41.4 Å². The monoisotopic (exact) mass is 852 g/mol. The fraction of sp³-hybridized carbons (Fsp3) is 0.500. The highest BCUT2D eigenvalue weighted by molar-refractivity contribution is 7.25. The van der Waals surface area contributed by atoms with Crippen molar-refractivity contribution in [3.05, 3.63) is 56.9 Å². The molecule has 0 saturated carbocycles. The van der Waals surface area contributed by atoms with Crippen LogP contribution in [0.25, 0.3) is 52.1 Å². The molecular formula is C48H60N4S5. The van der Waals surface area contributed by atoms with Crippen molar-refractivity contribution in [3.63, 3.8) is 0 Å². The quantitative estimate of drug-likeness (QED) is 0.0595. The van der Waals surface area contributed by atoms with Gasteiger partial charge in [-0.1, -0.05) is 129 Å². The maximum Gasteiger partial charge on any atom is 0.116 e. The van der Waals surface area contributed by atoms with Crippen molar-refractivity contribution in [2.24, 2.45) is 0 Å². The van der Waals surface area contributed by atoms with E-state index in [0.29, 0.717) is 0 Å². The van der Waals surface area contributed by atoms with Crippen molar-refractivity contribution in [2.45, 2.75) is 155 Å². The summed E-state index contributed by atoms with van der Waals surface area (Å²) in [4.78, 5) is 5.50. The zero-order valence-electron chi connectivity index (χ0n) is 34.1. The first kappa shape index (κ1) is 40.9. The number of rotatable bonds is 24. The zero-order chi connectivity index (χ0) is 38.8. The summed E-state index contributed by atoms with van der Waals surface area (Å²) < 4.78 is 12.9. The third kappa shape index (κ3) is 9.49. The van der Waals surface area contributed by atoms with E-state index in [2.05, 4.69) is 71.6 Å². The number of benzene rings is 2. The van der Waals surface area contributed by atoms with Crippen LogP contribution < -0.4 is 10.6 Å². The number of hydrogen-bond donors (Lipinski definition) is 2. The average molecular weight is 853 g/mol. The molecule has 2 N–H and O–H groups in total. The Morgan fingerprint density at radius 3 is 1.23 bits per heavy atom. The van der Waals surface area contributed by atoms with Crippen LogP contribution in [0.5, 0.6) is 0 Å². The summed E-state index contributed by atoms with van der Waals surface area (Å²) in [5, 5.41) is 15.2. The molecule has 1 aliphatic heterocycles. The number of nitrogens with one attached hydrogen (secondary N) is 2. The summed E-state index contributed by atoms with van der Waals surface area (Å²) in [5.74, 6) is 0. The van der Waals surface area contributed by atoms with Crippen LogP contribution in [-0.4, -0.2) is 8.75 Å². The van der Waals surface area contributed by atoms with Crippen molar-refractivity contribution in [1.82, 2.24) is 8.75 Å². The highest BCUT2D eigenvalue weighted by Crippen LogP contribution is 2.57. The minimum atomic E-state index is 1.02. The maximum atomic E-state index is 5.07. The molecule has 302 valence electrons. The van der Waals surface area contributed by atoms with E-state index in [0.717, 1.165) is 35.2 Å². The van der Waals surface area contributed by atoms with Crippen LogP contribution in [0.3, 0.4) is 0 Å². The zero-order valence-corrected chi connectivity index (χ0v) is 38.2. The van der Waals surface area contributed by atoms with E-state index >= 15 is 0 Å². The van der Waals surface area contributed by atoms with E-state index in [-0.39, 0.29) is 0 Å². The number of aryl methyl sites for hydroxylation is 2. The molecule has 57 heavy (non-hydrogen) atoms. The SMILES string of the molecule is CCCCCCCCCCCCc1ccc(-c2c3c(c(-c4ccc(CCCCCCCCCCCC)s4)c4nsnc24)Nc2c(c4ccsc4c4sccc24)N3)s1. The Morgan fingerprint density at radius 1 is 0.439 bits per heavy atom. The number of thiophene rings is 4. The molecule has 0 aliphatic carbocycles. The van der Waals surface area contributed by atoms with Crippen LogP contribution in [0.2, 0.25) is 0 Å². The lowest BCUT2D eigenvalue weighted by atomic mass is 9.96. The molecule has 0 unspecified atom stereocenters. The summed E-state index contributed by atoms with van der Waals surface area (Å²) in [7, 11) is 0. The van der Waals surface area contributed by atoms with Gasteiger partial charge in [-0.25, -0.2) is 0 Å². The number of nitrogens with zero attached hydrogens (tertiary/aromatic N) is 2. The third-order valence-electron chi connectivity index (χ3n) is 11.9. The summed E-state index contributed by atoms with van der Waals surface area (Å²) in [6, 6.07) is 14.0. The van der Waals surface area contributed by atoms with Crippen LogP contribution in [0, 0.1) is 0 Å². The molecule has 4 nitrogen and oxygen atoms in total. The predicted octanol–water partition coefficient (Wildman–Crippen LogP) is 18.3. The molecule has 5 aromatic heterocycles. The molecule has 8 rings (SSSR count). The van der Waals surface area contributed by atoms with E-state index < -0.39 is 0 Å². The van der Waals surface area contributed by atoms with Crippen LogP contribution in [-0.2, 0) is 12.8 Å². The van der Waals surface area contributed by atoms with Crippen LogP contribution in [0.4, 0.5) is 22.7 Å². The molecule has 7 aromatic rings. The minimum absolute atomic E-state index is 1.02. The first-order valence-corrected chi connectivity index (χ1v) is 26.3. The van der Waals surface area contributed by atoms with Gasteiger partial charge in [-0.3, -0.25) is 0 Å². The maximum absolute atomic E-state index is 5.07. The van der Waals surface area contributed by atoms with Gasteiger partial charge in [-0.05, 0) is 72.8 Å². The Morgan fingerprint density at radius 2 is 0.825 bits per heavy atom. The fourth-order valence-electron chi connectivity index (χ4n) is 8.74. The lowest BCUT2D eigenvalue weighted by Crippen LogP contribution is -2.10. The summed E-state index contributed by atoms with van der Waals surface area (Å²) in [5.41, 5.74) is 9.03. The van der Waals surface area contributed by atoms with Crippen LogP contribution in [0.1, 0.15) is 152 Å². The Kier molecular flexibility index (Phi) is 14.7. The van der Waals surface area contributed by atoms with E-state index in [1.165, 1.54) is 202 Å². The molecule has 0 spiro atoms. The highest BCUT2D eigenvalue weighted by atomic mass is 32.1. The number of hydrogen-bond acceptors (Lipinski definition) is 9. The first-order chi connectivity index (χ1) is 28.2. The Bertz CT molecular complexity index is 2180. The molecule has 0 amide bonds. The van der Waals surface area contributed by atoms with Gasteiger partial charge >= 0.3 is 0 Å². The molecular weight excluding hydrogens is 793 g/mol.